The second-order valence-corrected chi connectivity index (χ2v) is 8.50. The number of ether oxygens (including phenoxy) is 6. The van der Waals surface area contributed by atoms with Gasteiger partial charge in [0.25, 0.3) is 0 Å². The van der Waals surface area contributed by atoms with Gasteiger partial charge in [0.15, 0.2) is 0 Å². The zero-order chi connectivity index (χ0) is 27.3. The maximum atomic E-state index is 5.79. The molecule has 0 aliphatic heterocycles. The lowest BCUT2D eigenvalue weighted by Gasteiger charge is -2.21. The van der Waals surface area contributed by atoms with Crippen LogP contribution in [0.2, 0.25) is 0 Å². The third-order valence-corrected chi connectivity index (χ3v) is 5.70. The number of rotatable bonds is 16. The zero-order valence-corrected chi connectivity index (χ0v) is 22.2. The first kappa shape index (κ1) is 28.3. The minimum Gasteiger partial charge on any atom is -0.463 e. The summed E-state index contributed by atoms with van der Waals surface area (Å²) < 4.78 is 33.1. The Labute approximate surface area is 225 Å². The van der Waals surface area contributed by atoms with E-state index in [9.17, 15) is 0 Å². The quantitative estimate of drug-likeness (QED) is 0.144. The van der Waals surface area contributed by atoms with Crippen molar-refractivity contribution in [3.63, 3.8) is 0 Å². The third-order valence-electron chi connectivity index (χ3n) is 5.70. The largest absolute Gasteiger partial charge is 0.463 e. The van der Waals surface area contributed by atoms with Gasteiger partial charge in [-0.3, -0.25) is 0 Å². The van der Waals surface area contributed by atoms with Crippen molar-refractivity contribution in [2.24, 2.45) is 0 Å². The fraction of sp³-hybridized carbons (Fsp3) is 0.250. The van der Waals surface area contributed by atoms with Crippen LogP contribution in [0.25, 0.3) is 0 Å². The first-order valence-corrected chi connectivity index (χ1v) is 12.5. The fourth-order valence-electron chi connectivity index (χ4n) is 3.99. The molecule has 0 fully saturated rings. The summed E-state index contributed by atoms with van der Waals surface area (Å²) >= 11 is 0. The average Bonchev–Trinajstić information content (AvgIpc) is 2.90. The smallest absolute Gasteiger partial charge is 0.237 e. The summed E-state index contributed by atoms with van der Waals surface area (Å²) in [5.41, 5.74) is 3.47. The van der Waals surface area contributed by atoms with Gasteiger partial charge in [-0.1, -0.05) is 56.1 Å². The van der Waals surface area contributed by atoms with Gasteiger partial charge in [-0.25, -0.2) is 0 Å². The van der Waals surface area contributed by atoms with Crippen molar-refractivity contribution in [3.05, 3.63) is 128 Å². The second-order valence-electron chi connectivity index (χ2n) is 8.50. The van der Waals surface area contributed by atoms with E-state index in [0.29, 0.717) is 0 Å². The van der Waals surface area contributed by atoms with E-state index in [1.807, 2.05) is 57.2 Å². The van der Waals surface area contributed by atoms with Crippen LogP contribution in [0, 0.1) is 0 Å². The molecule has 0 aliphatic carbocycles. The van der Waals surface area contributed by atoms with Gasteiger partial charge in [-0.15, -0.1) is 0 Å². The van der Waals surface area contributed by atoms with Crippen molar-refractivity contribution in [2.45, 2.75) is 52.0 Å². The molecule has 6 heteroatoms. The highest BCUT2D eigenvalue weighted by Gasteiger charge is 2.17. The van der Waals surface area contributed by atoms with Crippen LogP contribution in [0.3, 0.4) is 0 Å². The number of hydrogen-bond acceptors (Lipinski definition) is 6. The van der Waals surface area contributed by atoms with Crippen LogP contribution < -0.4 is 14.2 Å². The molecule has 0 spiro atoms. The Bertz CT molecular complexity index is 1080. The molecule has 3 aromatic rings. The van der Waals surface area contributed by atoms with Crippen molar-refractivity contribution in [1.29, 1.82) is 0 Å². The fourth-order valence-corrected chi connectivity index (χ4v) is 3.99. The van der Waals surface area contributed by atoms with E-state index in [2.05, 4.69) is 56.1 Å². The predicted octanol–water partition coefficient (Wildman–Crippen LogP) is 7.72. The first-order chi connectivity index (χ1) is 18.4. The Balaban J connectivity index is 1.82. The Morgan fingerprint density at radius 1 is 0.526 bits per heavy atom. The van der Waals surface area contributed by atoms with Crippen molar-refractivity contribution < 1.29 is 28.4 Å². The van der Waals surface area contributed by atoms with Gasteiger partial charge in [0.2, 0.25) is 18.9 Å². The van der Waals surface area contributed by atoms with Crippen molar-refractivity contribution in [2.75, 3.05) is 0 Å². The summed E-state index contributed by atoms with van der Waals surface area (Å²) in [5.74, 6) is 2.27. The van der Waals surface area contributed by atoms with Crippen LogP contribution in [0.1, 0.15) is 43.4 Å². The molecular weight excluding hydrogens is 480 g/mol. The van der Waals surface area contributed by atoms with Crippen LogP contribution in [0.15, 0.2) is 111 Å². The van der Waals surface area contributed by atoms with Crippen LogP contribution in [-0.2, 0) is 20.6 Å². The minimum absolute atomic E-state index is 0.0941. The molecule has 3 unspecified atom stereocenters. The molecule has 0 saturated carbocycles. The van der Waals surface area contributed by atoms with E-state index in [1.165, 1.54) is 24.3 Å². The van der Waals surface area contributed by atoms with Crippen LogP contribution in [0.5, 0.6) is 17.2 Å². The lowest BCUT2D eigenvalue weighted by molar-refractivity contribution is -0.0135. The third kappa shape index (κ3) is 8.66. The molecule has 0 amide bonds. The van der Waals surface area contributed by atoms with Gasteiger partial charge < -0.3 is 28.4 Å². The van der Waals surface area contributed by atoms with E-state index in [4.69, 9.17) is 28.4 Å². The molecule has 200 valence electrons. The second kappa shape index (κ2) is 14.4. The molecule has 3 atom stereocenters. The van der Waals surface area contributed by atoms with E-state index in [0.717, 1.165) is 34.8 Å². The van der Waals surface area contributed by atoms with Gasteiger partial charge in [0.05, 0.1) is 18.8 Å². The molecular formula is C32H36O6. The van der Waals surface area contributed by atoms with Crippen LogP contribution in [0.4, 0.5) is 0 Å². The van der Waals surface area contributed by atoms with Crippen molar-refractivity contribution in [1.82, 2.24) is 0 Å². The highest BCUT2D eigenvalue weighted by molar-refractivity contribution is 5.40. The monoisotopic (exact) mass is 516 g/mol. The predicted molar refractivity (Wildman–Crippen MR) is 149 cm³/mol. The molecule has 3 aromatic carbocycles. The molecule has 0 N–H and O–H groups in total. The molecule has 0 radical (unpaired) electrons. The van der Waals surface area contributed by atoms with Crippen LogP contribution in [-0.4, -0.2) is 18.9 Å². The van der Waals surface area contributed by atoms with E-state index >= 15 is 0 Å². The highest BCUT2D eigenvalue weighted by Crippen LogP contribution is 2.32. The Morgan fingerprint density at radius 2 is 0.842 bits per heavy atom. The maximum Gasteiger partial charge on any atom is 0.237 e. The van der Waals surface area contributed by atoms with Crippen LogP contribution >= 0.6 is 0 Å². The van der Waals surface area contributed by atoms with E-state index in [1.54, 1.807) is 0 Å². The normalized spacial score (nSPS) is 13.7. The average molecular weight is 517 g/mol. The van der Waals surface area contributed by atoms with E-state index in [-0.39, 0.29) is 5.92 Å². The molecule has 0 bridgehead atoms. The maximum absolute atomic E-state index is 5.79. The summed E-state index contributed by atoms with van der Waals surface area (Å²) in [6.45, 7) is 16.2. The molecule has 3 rings (SSSR count). The molecule has 0 heterocycles. The molecule has 0 aromatic heterocycles. The lowest BCUT2D eigenvalue weighted by Crippen LogP contribution is -2.13. The standard InChI is InChI=1S/C32H36O6/c1-7-33-23(4)36-29-16-10-26(11-17-29)22-32(27-12-18-30(19-13-27)37-24(5)34-8-2)28-14-20-31(21-15-28)38-25(6)35-9-3/h7-21,23-25,32H,1-3,22H2,4-6H3. The van der Waals surface area contributed by atoms with Gasteiger partial charge >= 0.3 is 0 Å². The summed E-state index contributed by atoms with van der Waals surface area (Å²) in [4.78, 5) is 0. The summed E-state index contributed by atoms with van der Waals surface area (Å²) in [5, 5.41) is 0. The molecule has 0 saturated heterocycles. The number of hydrogen-bond donors (Lipinski definition) is 0. The SMILES string of the molecule is C=COC(C)Oc1ccc(CC(c2ccc(OC(C)OC=C)cc2)c2ccc(OC(C)OC=C)cc2)cc1. The van der Waals surface area contributed by atoms with E-state index < -0.39 is 18.9 Å². The van der Waals surface area contributed by atoms with Crippen molar-refractivity contribution >= 4 is 0 Å². The lowest BCUT2D eigenvalue weighted by atomic mass is 9.86. The summed E-state index contributed by atoms with van der Waals surface area (Å²) in [6, 6.07) is 24.2. The van der Waals surface area contributed by atoms with Gasteiger partial charge in [0.1, 0.15) is 17.2 Å². The Hall–Kier alpha value is -4.32. The summed E-state index contributed by atoms with van der Waals surface area (Å²) in [7, 11) is 0. The highest BCUT2D eigenvalue weighted by atomic mass is 16.7. The summed E-state index contributed by atoms with van der Waals surface area (Å²) in [6.07, 6.45) is 3.64. The topological polar surface area (TPSA) is 55.4 Å². The molecule has 6 nitrogen and oxygen atoms in total. The van der Waals surface area contributed by atoms with Gasteiger partial charge in [-0.2, -0.15) is 0 Å². The number of benzene rings is 3. The molecule has 0 aliphatic rings. The van der Waals surface area contributed by atoms with Crippen molar-refractivity contribution in [3.8, 4) is 17.2 Å². The molecule has 38 heavy (non-hydrogen) atoms. The first-order valence-electron chi connectivity index (χ1n) is 12.5. The minimum atomic E-state index is -0.422. The Kier molecular flexibility index (Phi) is 10.7. The van der Waals surface area contributed by atoms with Gasteiger partial charge in [0, 0.05) is 26.7 Å². The Morgan fingerprint density at radius 3 is 1.16 bits per heavy atom. The zero-order valence-electron chi connectivity index (χ0n) is 22.2. The van der Waals surface area contributed by atoms with Gasteiger partial charge in [-0.05, 0) is 59.5 Å².